The first-order chi connectivity index (χ1) is 11.6. The summed E-state index contributed by atoms with van der Waals surface area (Å²) >= 11 is 0. The van der Waals surface area contributed by atoms with Gasteiger partial charge in [-0.15, -0.1) is 0 Å². The Bertz CT molecular complexity index is 599. The number of halogens is 1. The second-order valence-corrected chi connectivity index (χ2v) is 5.97. The summed E-state index contributed by atoms with van der Waals surface area (Å²) in [6, 6.07) is 14.4. The van der Waals surface area contributed by atoms with Gasteiger partial charge in [-0.25, -0.2) is 4.39 Å². The van der Waals surface area contributed by atoms with E-state index in [1.807, 2.05) is 32.0 Å². The maximum Gasteiger partial charge on any atom is 0.124 e. The van der Waals surface area contributed by atoms with Crippen LogP contribution in [0.3, 0.4) is 0 Å². The minimum atomic E-state index is -0.232. The number of ether oxygens (including phenoxy) is 2. The minimum Gasteiger partial charge on any atom is -0.489 e. The zero-order valence-corrected chi connectivity index (χ0v) is 14.4. The summed E-state index contributed by atoms with van der Waals surface area (Å²) in [4.78, 5) is 0. The lowest BCUT2D eigenvalue weighted by atomic mass is 10.2. The molecule has 2 rings (SSSR count). The molecule has 2 aromatic rings. The molecule has 0 aliphatic heterocycles. The number of para-hydroxylation sites is 1. The van der Waals surface area contributed by atoms with Crippen LogP contribution in [0.25, 0.3) is 0 Å². The third-order valence-electron chi connectivity index (χ3n) is 3.54. The maximum absolute atomic E-state index is 12.9. The van der Waals surface area contributed by atoms with Gasteiger partial charge in [-0.05, 0) is 50.6 Å². The third kappa shape index (κ3) is 6.69. The SMILES string of the molecule is CC(C)OCCCNCc1ccccc1OCc1ccc(F)cc1. The minimum absolute atomic E-state index is 0.232. The molecule has 0 unspecified atom stereocenters. The highest BCUT2D eigenvalue weighted by atomic mass is 19.1. The van der Waals surface area contributed by atoms with Crippen LogP contribution >= 0.6 is 0 Å². The van der Waals surface area contributed by atoms with E-state index in [1.54, 1.807) is 12.1 Å². The molecular weight excluding hydrogens is 305 g/mol. The largest absolute Gasteiger partial charge is 0.489 e. The number of hydrogen-bond donors (Lipinski definition) is 1. The van der Waals surface area contributed by atoms with Crippen molar-refractivity contribution in [2.75, 3.05) is 13.2 Å². The zero-order chi connectivity index (χ0) is 17.2. The first-order valence-corrected chi connectivity index (χ1v) is 8.42. The fourth-order valence-corrected chi connectivity index (χ4v) is 2.27. The molecule has 0 heterocycles. The van der Waals surface area contributed by atoms with Crippen molar-refractivity contribution in [3.8, 4) is 5.75 Å². The molecular formula is C20H26FNO2. The van der Waals surface area contributed by atoms with Gasteiger partial charge in [-0.1, -0.05) is 30.3 Å². The Morgan fingerprint density at radius 3 is 2.54 bits per heavy atom. The fraction of sp³-hybridized carbons (Fsp3) is 0.400. The van der Waals surface area contributed by atoms with Crippen LogP contribution in [0.1, 0.15) is 31.4 Å². The monoisotopic (exact) mass is 331 g/mol. The summed E-state index contributed by atoms with van der Waals surface area (Å²) in [6.45, 7) is 6.94. The van der Waals surface area contributed by atoms with Crippen molar-refractivity contribution in [1.29, 1.82) is 0 Å². The first-order valence-electron chi connectivity index (χ1n) is 8.42. The van der Waals surface area contributed by atoms with Gasteiger partial charge in [0, 0.05) is 18.7 Å². The summed E-state index contributed by atoms with van der Waals surface area (Å²) in [5.41, 5.74) is 2.06. The standard InChI is InChI=1S/C20H26FNO2/c1-16(2)23-13-5-12-22-14-18-6-3-4-7-20(18)24-15-17-8-10-19(21)11-9-17/h3-4,6-11,16,22H,5,12-15H2,1-2H3. The third-order valence-corrected chi connectivity index (χ3v) is 3.54. The predicted octanol–water partition coefficient (Wildman–Crippen LogP) is 4.31. The molecule has 3 nitrogen and oxygen atoms in total. The first kappa shape index (κ1) is 18.4. The van der Waals surface area contributed by atoms with E-state index in [2.05, 4.69) is 11.4 Å². The van der Waals surface area contributed by atoms with Crippen LogP contribution in [-0.4, -0.2) is 19.3 Å². The van der Waals surface area contributed by atoms with Gasteiger partial charge in [-0.2, -0.15) is 0 Å². The van der Waals surface area contributed by atoms with E-state index in [1.165, 1.54) is 12.1 Å². The van der Waals surface area contributed by atoms with Gasteiger partial charge in [0.2, 0.25) is 0 Å². The van der Waals surface area contributed by atoms with Crippen molar-refractivity contribution in [2.24, 2.45) is 0 Å². The van der Waals surface area contributed by atoms with Crippen molar-refractivity contribution in [2.45, 2.75) is 39.5 Å². The molecule has 2 aromatic carbocycles. The highest BCUT2D eigenvalue weighted by Gasteiger charge is 2.03. The lowest BCUT2D eigenvalue weighted by Gasteiger charge is -2.13. The molecule has 24 heavy (non-hydrogen) atoms. The molecule has 0 amide bonds. The van der Waals surface area contributed by atoms with Crippen LogP contribution in [0.5, 0.6) is 5.75 Å². The van der Waals surface area contributed by atoms with E-state index in [0.29, 0.717) is 6.61 Å². The van der Waals surface area contributed by atoms with Crippen molar-refractivity contribution < 1.29 is 13.9 Å². The van der Waals surface area contributed by atoms with Gasteiger partial charge in [0.05, 0.1) is 6.10 Å². The summed E-state index contributed by atoms with van der Waals surface area (Å²) in [7, 11) is 0. The van der Waals surface area contributed by atoms with E-state index in [0.717, 1.165) is 43.0 Å². The molecule has 0 aromatic heterocycles. The van der Waals surface area contributed by atoms with Crippen molar-refractivity contribution in [3.63, 3.8) is 0 Å². The van der Waals surface area contributed by atoms with Gasteiger partial charge in [0.1, 0.15) is 18.2 Å². The number of hydrogen-bond acceptors (Lipinski definition) is 3. The number of nitrogens with one attached hydrogen (secondary N) is 1. The summed E-state index contributed by atoms with van der Waals surface area (Å²) in [5, 5.41) is 3.41. The quantitative estimate of drug-likeness (QED) is 0.658. The summed E-state index contributed by atoms with van der Waals surface area (Å²) in [5.74, 6) is 0.623. The lowest BCUT2D eigenvalue weighted by molar-refractivity contribution is 0.0770. The van der Waals surface area contributed by atoms with Gasteiger partial charge < -0.3 is 14.8 Å². The lowest BCUT2D eigenvalue weighted by Crippen LogP contribution is -2.17. The Kier molecular flexibility index (Phi) is 7.72. The van der Waals surface area contributed by atoms with E-state index in [9.17, 15) is 4.39 Å². The van der Waals surface area contributed by atoms with Crippen LogP contribution in [0.2, 0.25) is 0 Å². The molecule has 1 N–H and O–H groups in total. The van der Waals surface area contributed by atoms with Gasteiger partial charge in [0.15, 0.2) is 0 Å². The van der Waals surface area contributed by atoms with E-state index < -0.39 is 0 Å². The van der Waals surface area contributed by atoms with E-state index in [4.69, 9.17) is 9.47 Å². The van der Waals surface area contributed by atoms with E-state index in [-0.39, 0.29) is 11.9 Å². The average molecular weight is 331 g/mol. The van der Waals surface area contributed by atoms with Crippen molar-refractivity contribution >= 4 is 0 Å². The second-order valence-electron chi connectivity index (χ2n) is 5.97. The highest BCUT2D eigenvalue weighted by molar-refractivity contribution is 5.33. The highest BCUT2D eigenvalue weighted by Crippen LogP contribution is 2.19. The van der Waals surface area contributed by atoms with Crippen LogP contribution in [0.15, 0.2) is 48.5 Å². The summed E-state index contributed by atoms with van der Waals surface area (Å²) < 4.78 is 24.3. The van der Waals surface area contributed by atoms with Gasteiger partial charge in [0.25, 0.3) is 0 Å². The Balaban J connectivity index is 1.78. The smallest absolute Gasteiger partial charge is 0.124 e. The topological polar surface area (TPSA) is 30.5 Å². The molecule has 0 radical (unpaired) electrons. The Labute approximate surface area is 143 Å². The molecule has 0 spiro atoms. The Morgan fingerprint density at radius 2 is 1.79 bits per heavy atom. The number of rotatable bonds is 10. The Morgan fingerprint density at radius 1 is 1.04 bits per heavy atom. The molecule has 0 atom stereocenters. The molecule has 0 fully saturated rings. The summed E-state index contributed by atoms with van der Waals surface area (Å²) in [6.07, 6.45) is 1.27. The Hall–Kier alpha value is -1.91. The van der Waals surface area contributed by atoms with Crippen molar-refractivity contribution in [1.82, 2.24) is 5.32 Å². The van der Waals surface area contributed by atoms with Crippen LogP contribution in [-0.2, 0) is 17.9 Å². The second kappa shape index (κ2) is 10.1. The normalized spacial score (nSPS) is 11.0. The molecule has 0 aliphatic rings. The fourth-order valence-electron chi connectivity index (χ4n) is 2.27. The molecule has 0 saturated carbocycles. The average Bonchev–Trinajstić information content (AvgIpc) is 2.58. The molecule has 0 saturated heterocycles. The zero-order valence-electron chi connectivity index (χ0n) is 14.4. The van der Waals surface area contributed by atoms with Crippen LogP contribution in [0.4, 0.5) is 4.39 Å². The van der Waals surface area contributed by atoms with Gasteiger partial charge >= 0.3 is 0 Å². The van der Waals surface area contributed by atoms with Crippen LogP contribution < -0.4 is 10.1 Å². The van der Waals surface area contributed by atoms with Gasteiger partial charge in [-0.3, -0.25) is 0 Å². The molecule has 130 valence electrons. The molecule has 4 heteroatoms. The molecule has 0 aliphatic carbocycles. The predicted molar refractivity (Wildman–Crippen MR) is 94.6 cm³/mol. The molecule has 0 bridgehead atoms. The maximum atomic E-state index is 12.9. The van der Waals surface area contributed by atoms with Crippen molar-refractivity contribution in [3.05, 3.63) is 65.5 Å². The van der Waals surface area contributed by atoms with E-state index >= 15 is 0 Å². The number of benzene rings is 2. The van der Waals surface area contributed by atoms with Crippen LogP contribution in [0, 0.1) is 5.82 Å².